The number of anilines is 1. The van der Waals surface area contributed by atoms with Crippen LogP contribution in [0.25, 0.3) is 0 Å². The minimum atomic E-state index is -3.57. The van der Waals surface area contributed by atoms with Gasteiger partial charge in [-0.3, -0.25) is 0 Å². The van der Waals surface area contributed by atoms with Crippen LogP contribution in [0.3, 0.4) is 0 Å². The molecular weight excluding hydrogens is 288 g/mol. The SMILES string of the molecule is Cc1ccc(N)c(S(=O)(=O)N(C)CC2CCCOC2)c1C. The summed E-state index contributed by atoms with van der Waals surface area (Å²) >= 11 is 0. The van der Waals surface area contributed by atoms with E-state index in [4.69, 9.17) is 10.5 Å². The van der Waals surface area contributed by atoms with Crippen LogP contribution in [0.1, 0.15) is 24.0 Å². The van der Waals surface area contributed by atoms with E-state index in [-0.39, 0.29) is 10.8 Å². The van der Waals surface area contributed by atoms with E-state index >= 15 is 0 Å². The molecule has 1 aliphatic heterocycles. The highest BCUT2D eigenvalue weighted by Gasteiger charge is 2.28. The van der Waals surface area contributed by atoms with Gasteiger partial charge in [-0.15, -0.1) is 0 Å². The Morgan fingerprint density at radius 1 is 1.38 bits per heavy atom. The highest BCUT2D eigenvalue weighted by Crippen LogP contribution is 2.28. The van der Waals surface area contributed by atoms with Gasteiger partial charge < -0.3 is 10.5 Å². The van der Waals surface area contributed by atoms with Crippen LogP contribution >= 0.6 is 0 Å². The summed E-state index contributed by atoms with van der Waals surface area (Å²) in [4.78, 5) is 0.238. The molecule has 0 amide bonds. The van der Waals surface area contributed by atoms with Crippen LogP contribution in [0.2, 0.25) is 0 Å². The van der Waals surface area contributed by atoms with Gasteiger partial charge in [-0.05, 0) is 49.8 Å². The van der Waals surface area contributed by atoms with Crippen LogP contribution in [0.4, 0.5) is 5.69 Å². The van der Waals surface area contributed by atoms with Gasteiger partial charge in [0.25, 0.3) is 0 Å². The van der Waals surface area contributed by atoms with Crippen LogP contribution < -0.4 is 5.73 Å². The second-order valence-electron chi connectivity index (χ2n) is 5.79. The molecule has 2 N–H and O–H groups in total. The normalized spacial score (nSPS) is 19.9. The number of aryl methyl sites for hydroxylation is 1. The molecule has 0 aromatic heterocycles. The molecule has 0 spiro atoms. The summed E-state index contributed by atoms with van der Waals surface area (Å²) in [5, 5.41) is 0. The lowest BCUT2D eigenvalue weighted by Gasteiger charge is -2.27. The molecule has 1 heterocycles. The van der Waals surface area contributed by atoms with Gasteiger partial charge in [0, 0.05) is 20.2 Å². The Labute approximate surface area is 127 Å². The maximum atomic E-state index is 12.8. The number of ether oxygens (including phenoxy) is 1. The van der Waals surface area contributed by atoms with Gasteiger partial charge in [-0.2, -0.15) is 0 Å². The third kappa shape index (κ3) is 3.39. The van der Waals surface area contributed by atoms with E-state index in [9.17, 15) is 8.42 Å². The first-order valence-electron chi connectivity index (χ1n) is 7.23. The first-order valence-corrected chi connectivity index (χ1v) is 8.67. The van der Waals surface area contributed by atoms with E-state index < -0.39 is 10.0 Å². The summed E-state index contributed by atoms with van der Waals surface area (Å²) in [7, 11) is -1.95. The molecule has 2 rings (SSSR count). The Kier molecular flexibility index (Phi) is 4.91. The maximum Gasteiger partial charge on any atom is 0.245 e. The Bertz CT molecular complexity index is 608. The van der Waals surface area contributed by atoms with Crippen molar-refractivity contribution in [3.05, 3.63) is 23.3 Å². The van der Waals surface area contributed by atoms with Crippen LogP contribution in [-0.4, -0.2) is 39.5 Å². The van der Waals surface area contributed by atoms with Gasteiger partial charge in [-0.1, -0.05) is 6.07 Å². The Morgan fingerprint density at radius 3 is 2.71 bits per heavy atom. The van der Waals surface area contributed by atoms with Crippen molar-refractivity contribution in [1.29, 1.82) is 0 Å². The van der Waals surface area contributed by atoms with E-state index in [1.54, 1.807) is 20.0 Å². The summed E-state index contributed by atoms with van der Waals surface area (Å²) in [6.07, 6.45) is 1.99. The smallest absolute Gasteiger partial charge is 0.245 e. The van der Waals surface area contributed by atoms with Crippen molar-refractivity contribution >= 4 is 15.7 Å². The lowest BCUT2D eigenvalue weighted by molar-refractivity contribution is 0.0495. The number of hydrogen-bond acceptors (Lipinski definition) is 4. The molecule has 1 atom stereocenters. The van der Waals surface area contributed by atoms with E-state index in [0.29, 0.717) is 18.8 Å². The fourth-order valence-corrected chi connectivity index (χ4v) is 4.35. The topological polar surface area (TPSA) is 72.6 Å². The summed E-state index contributed by atoms with van der Waals surface area (Å²) in [5.74, 6) is 0.255. The number of hydrogen-bond donors (Lipinski definition) is 1. The fraction of sp³-hybridized carbons (Fsp3) is 0.600. The molecule has 118 valence electrons. The minimum Gasteiger partial charge on any atom is -0.398 e. The van der Waals surface area contributed by atoms with Crippen molar-refractivity contribution in [2.75, 3.05) is 32.5 Å². The molecule has 0 radical (unpaired) electrons. The number of nitrogen functional groups attached to an aromatic ring is 1. The molecule has 0 saturated carbocycles. The number of benzene rings is 1. The molecule has 21 heavy (non-hydrogen) atoms. The zero-order valence-corrected chi connectivity index (χ0v) is 13.7. The monoisotopic (exact) mass is 312 g/mol. The minimum absolute atomic E-state index is 0.238. The van der Waals surface area contributed by atoms with Crippen molar-refractivity contribution < 1.29 is 13.2 Å². The van der Waals surface area contributed by atoms with Crippen LogP contribution in [0.5, 0.6) is 0 Å². The first kappa shape index (κ1) is 16.3. The Balaban J connectivity index is 2.27. The van der Waals surface area contributed by atoms with E-state index in [2.05, 4.69) is 0 Å². The van der Waals surface area contributed by atoms with Gasteiger partial charge >= 0.3 is 0 Å². The molecule has 1 aliphatic rings. The molecule has 1 aromatic carbocycles. The number of nitrogens with zero attached hydrogens (tertiary/aromatic N) is 1. The van der Waals surface area contributed by atoms with Crippen LogP contribution in [0.15, 0.2) is 17.0 Å². The van der Waals surface area contributed by atoms with E-state index in [0.717, 1.165) is 30.6 Å². The summed E-state index contributed by atoms with van der Waals surface area (Å²) in [5.41, 5.74) is 7.88. The van der Waals surface area contributed by atoms with Crippen LogP contribution in [-0.2, 0) is 14.8 Å². The average Bonchev–Trinajstić information content (AvgIpc) is 2.44. The highest BCUT2D eigenvalue weighted by molar-refractivity contribution is 7.89. The molecule has 1 aromatic rings. The Hall–Kier alpha value is -1.11. The summed E-state index contributed by atoms with van der Waals surface area (Å²) in [6, 6.07) is 3.51. The van der Waals surface area contributed by atoms with E-state index in [1.807, 2.05) is 13.0 Å². The molecule has 0 bridgehead atoms. The summed E-state index contributed by atoms with van der Waals surface area (Å²) in [6.45, 7) is 5.56. The molecule has 1 unspecified atom stereocenters. The maximum absolute atomic E-state index is 12.8. The predicted molar refractivity (Wildman–Crippen MR) is 83.7 cm³/mol. The first-order chi connectivity index (χ1) is 9.84. The van der Waals surface area contributed by atoms with Crippen molar-refractivity contribution in [2.24, 2.45) is 5.92 Å². The number of nitrogens with two attached hydrogens (primary N) is 1. The van der Waals surface area contributed by atoms with Gasteiger partial charge in [0.15, 0.2) is 0 Å². The molecule has 1 saturated heterocycles. The third-order valence-electron chi connectivity index (χ3n) is 4.15. The van der Waals surface area contributed by atoms with Crippen molar-refractivity contribution in [3.8, 4) is 0 Å². The van der Waals surface area contributed by atoms with Gasteiger partial charge in [-0.25, -0.2) is 12.7 Å². The highest BCUT2D eigenvalue weighted by atomic mass is 32.2. The quantitative estimate of drug-likeness (QED) is 0.862. The zero-order valence-electron chi connectivity index (χ0n) is 12.9. The molecule has 5 nitrogen and oxygen atoms in total. The van der Waals surface area contributed by atoms with Gasteiger partial charge in [0.05, 0.1) is 12.3 Å². The second-order valence-corrected chi connectivity index (χ2v) is 7.78. The Morgan fingerprint density at radius 2 is 2.10 bits per heavy atom. The fourth-order valence-electron chi connectivity index (χ4n) is 2.72. The van der Waals surface area contributed by atoms with Crippen molar-refractivity contribution in [3.63, 3.8) is 0 Å². The molecule has 1 fully saturated rings. The largest absolute Gasteiger partial charge is 0.398 e. The van der Waals surface area contributed by atoms with E-state index in [1.165, 1.54) is 4.31 Å². The average molecular weight is 312 g/mol. The number of sulfonamides is 1. The summed E-state index contributed by atoms with van der Waals surface area (Å²) < 4.78 is 32.4. The molecule has 6 heteroatoms. The van der Waals surface area contributed by atoms with Gasteiger partial charge in [0.2, 0.25) is 10.0 Å². The second kappa shape index (κ2) is 6.34. The molecule has 0 aliphatic carbocycles. The predicted octanol–water partition coefficient (Wildman–Crippen LogP) is 1.93. The lowest BCUT2D eigenvalue weighted by atomic mass is 10.0. The van der Waals surface area contributed by atoms with Crippen LogP contribution in [0, 0.1) is 19.8 Å². The van der Waals surface area contributed by atoms with Gasteiger partial charge in [0.1, 0.15) is 4.90 Å². The third-order valence-corrected chi connectivity index (χ3v) is 6.17. The zero-order chi connectivity index (χ0) is 15.6. The van der Waals surface area contributed by atoms with Crippen molar-refractivity contribution in [2.45, 2.75) is 31.6 Å². The molecular formula is C15H24N2O3S. The standard InChI is InChI=1S/C15H24N2O3S/c1-11-6-7-14(16)15(12(11)2)21(18,19)17(3)9-13-5-4-8-20-10-13/h6-7,13H,4-5,8-10,16H2,1-3H3. The number of rotatable bonds is 4. The van der Waals surface area contributed by atoms with Crippen molar-refractivity contribution in [1.82, 2.24) is 4.31 Å². The lowest BCUT2D eigenvalue weighted by Crippen LogP contribution is -2.35.